The monoisotopic (exact) mass is 208 g/mol. The summed E-state index contributed by atoms with van der Waals surface area (Å²) in [7, 11) is 0. The van der Waals surface area contributed by atoms with Gasteiger partial charge in [0.05, 0.1) is 0 Å². The van der Waals surface area contributed by atoms with Gasteiger partial charge in [-0.3, -0.25) is 0 Å². The molecule has 0 bridgehead atoms. The van der Waals surface area contributed by atoms with Crippen molar-refractivity contribution < 1.29 is 0 Å². The van der Waals surface area contributed by atoms with Crippen LogP contribution in [-0.4, -0.2) is 0 Å². The molecule has 0 atom stereocenters. The lowest BCUT2D eigenvalue weighted by molar-refractivity contribution is 0.910. The van der Waals surface area contributed by atoms with Crippen molar-refractivity contribution in [2.24, 2.45) is 0 Å². The first-order valence-corrected chi connectivity index (χ1v) is 6.03. The van der Waals surface area contributed by atoms with Crippen molar-refractivity contribution in [3.63, 3.8) is 0 Å². The minimum Gasteiger partial charge on any atom is -0.0695 e. The third-order valence-electron chi connectivity index (χ3n) is 3.61. The summed E-state index contributed by atoms with van der Waals surface area (Å²) >= 11 is 0. The first-order valence-electron chi connectivity index (χ1n) is 6.03. The molecule has 2 aromatic rings. The van der Waals surface area contributed by atoms with Crippen molar-refractivity contribution in [3.8, 4) is 0 Å². The molecule has 0 N–H and O–H groups in total. The Hall–Kier alpha value is -1.56. The van der Waals surface area contributed by atoms with Crippen LogP contribution in [0.2, 0.25) is 0 Å². The van der Waals surface area contributed by atoms with E-state index in [1.165, 1.54) is 35.6 Å². The van der Waals surface area contributed by atoms with Gasteiger partial charge in [-0.15, -0.1) is 0 Å². The van der Waals surface area contributed by atoms with E-state index in [2.05, 4.69) is 49.4 Å². The number of allylic oxidation sites excluding steroid dienone is 2. The molecule has 16 heavy (non-hydrogen) atoms. The Morgan fingerprint density at radius 2 is 1.69 bits per heavy atom. The first-order chi connectivity index (χ1) is 7.86. The molecular formula is C16H16. The summed E-state index contributed by atoms with van der Waals surface area (Å²) in [6.07, 6.45) is 3.85. The average Bonchev–Trinajstić information content (AvgIpc) is 2.75. The minimum atomic E-state index is 1.25. The molecule has 0 saturated heterocycles. The Morgan fingerprint density at radius 1 is 0.875 bits per heavy atom. The first kappa shape index (κ1) is 9.65. The highest BCUT2D eigenvalue weighted by atomic mass is 14.2. The number of rotatable bonds is 1. The van der Waals surface area contributed by atoms with E-state index in [1.807, 2.05) is 0 Å². The summed E-state index contributed by atoms with van der Waals surface area (Å²) in [6, 6.07) is 15.3. The van der Waals surface area contributed by atoms with Crippen LogP contribution in [0.4, 0.5) is 0 Å². The van der Waals surface area contributed by atoms with Gasteiger partial charge in [0.2, 0.25) is 0 Å². The molecular weight excluding hydrogens is 192 g/mol. The highest BCUT2D eigenvalue weighted by molar-refractivity contribution is 5.94. The molecule has 2 aromatic carbocycles. The van der Waals surface area contributed by atoms with E-state index in [4.69, 9.17) is 0 Å². The van der Waals surface area contributed by atoms with E-state index < -0.39 is 0 Å². The third-order valence-corrected chi connectivity index (χ3v) is 3.61. The molecule has 0 aromatic heterocycles. The smallest absolute Gasteiger partial charge is 0.0109 e. The molecule has 1 aliphatic rings. The van der Waals surface area contributed by atoms with Gasteiger partial charge in [0.25, 0.3) is 0 Å². The van der Waals surface area contributed by atoms with E-state index in [9.17, 15) is 0 Å². The fourth-order valence-corrected chi connectivity index (χ4v) is 2.75. The lowest BCUT2D eigenvalue weighted by Gasteiger charge is -2.08. The standard InChI is InChI=1S/C16H16/c1-12-6-4-10-14(12)16-11-5-8-13-7-2-3-9-15(13)16/h2-3,5,7-9,11H,4,6,10H2,1H3. The van der Waals surface area contributed by atoms with E-state index in [-0.39, 0.29) is 0 Å². The quantitative estimate of drug-likeness (QED) is 0.631. The van der Waals surface area contributed by atoms with E-state index in [0.717, 1.165) is 0 Å². The highest BCUT2D eigenvalue weighted by Crippen LogP contribution is 2.36. The maximum atomic E-state index is 2.28. The maximum Gasteiger partial charge on any atom is -0.0109 e. The molecule has 0 heterocycles. The van der Waals surface area contributed by atoms with E-state index >= 15 is 0 Å². The lowest BCUT2D eigenvalue weighted by Crippen LogP contribution is -1.85. The Morgan fingerprint density at radius 3 is 2.50 bits per heavy atom. The fourth-order valence-electron chi connectivity index (χ4n) is 2.75. The predicted octanol–water partition coefficient (Wildman–Crippen LogP) is 4.80. The second kappa shape index (κ2) is 3.79. The number of hydrogen-bond donors (Lipinski definition) is 0. The van der Waals surface area contributed by atoms with Crippen LogP contribution >= 0.6 is 0 Å². The lowest BCUT2D eigenvalue weighted by atomic mass is 9.96. The fraction of sp³-hybridized carbons (Fsp3) is 0.250. The normalized spacial score (nSPS) is 16.1. The number of fused-ring (bicyclic) bond motifs is 1. The zero-order valence-electron chi connectivity index (χ0n) is 9.66. The Labute approximate surface area is 96.6 Å². The van der Waals surface area contributed by atoms with Gasteiger partial charge in [-0.1, -0.05) is 48.0 Å². The van der Waals surface area contributed by atoms with Gasteiger partial charge in [-0.05, 0) is 48.1 Å². The van der Waals surface area contributed by atoms with Gasteiger partial charge in [0.15, 0.2) is 0 Å². The van der Waals surface area contributed by atoms with E-state index in [1.54, 1.807) is 11.1 Å². The van der Waals surface area contributed by atoms with Crippen LogP contribution in [0, 0.1) is 0 Å². The summed E-state index contributed by atoms with van der Waals surface area (Å²) in [6.45, 7) is 2.28. The van der Waals surface area contributed by atoms with Crippen molar-refractivity contribution >= 4 is 16.3 Å². The molecule has 0 radical (unpaired) electrons. The van der Waals surface area contributed by atoms with Crippen LogP contribution in [0.3, 0.4) is 0 Å². The van der Waals surface area contributed by atoms with Gasteiger partial charge in [0, 0.05) is 0 Å². The zero-order chi connectivity index (χ0) is 11.0. The molecule has 0 unspecified atom stereocenters. The van der Waals surface area contributed by atoms with Crippen LogP contribution in [0.1, 0.15) is 31.7 Å². The number of benzene rings is 2. The highest BCUT2D eigenvalue weighted by Gasteiger charge is 2.14. The van der Waals surface area contributed by atoms with Crippen molar-refractivity contribution in [2.45, 2.75) is 26.2 Å². The molecule has 0 fully saturated rings. The zero-order valence-corrected chi connectivity index (χ0v) is 9.66. The van der Waals surface area contributed by atoms with Gasteiger partial charge in [-0.2, -0.15) is 0 Å². The summed E-state index contributed by atoms with van der Waals surface area (Å²) in [5, 5.41) is 2.76. The minimum absolute atomic E-state index is 1.25. The van der Waals surface area contributed by atoms with Crippen LogP contribution < -0.4 is 0 Å². The maximum absolute atomic E-state index is 2.28. The van der Waals surface area contributed by atoms with Gasteiger partial charge in [0.1, 0.15) is 0 Å². The predicted molar refractivity (Wildman–Crippen MR) is 70.4 cm³/mol. The van der Waals surface area contributed by atoms with E-state index in [0.29, 0.717) is 0 Å². The molecule has 0 amide bonds. The van der Waals surface area contributed by atoms with Crippen LogP contribution in [-0.2, 0) is 0 Å². The van der Waals surface area contributed by atoms with Crippen LogP contribution in [0.5, 0.6) is 0 Å². The largest absolute Gasteiger partial charge is 0.0695 e. The Bertz CT molecular complexity index is 556. The van der Waals surface area contributed by atoms with Gasteiger partial charge in [-0.25, -0.2) is 0 Å². The second-order valence-corrected chi connectivity index (χ2v) is 4.64. The third kappa shape index (κ3) is 1.46. The number of hydrogen-bond acceptors (Lipinski definition) is 0. The molecule has 0 spiro atoms. The molecule has 0 nitrogen and oxygen atoms in total. The van der Waals surface area contributed by atoms with Crippen molar-refractivity contribution in [1.29, 1.82) is 0 Å². The average molecular weight is 208 g/mol. The molecule has 0 aliphatic heterocycles. The second-order valence-electron chi connectivity index (χ2n) is 4.64. The van der Waals surface area contributed by atoms with Crippen molar-refractivity contribution in [3.05, 3.63) is 53.6 Å². The Kier molecular flexibility index (Phi) is 2.28. The summed E-state index contributed by atoms with van der Waals surface area (Å²) in [4.78, 5) is 0. The SMILES string of the molecule is CC1=C(c2cccc3ccccc23)CCC1. The molecule has 0 heteroatoms. The van der Waals surface area contributed by atoms with Crippen molar-refractivity contribution in [2.75, 3.05) is 0 Å². The Balaban J connectivity index is 2.28. The van der Waals surface area contributed by atoms with Crippen molar-refractivity contribution in [1.82, 2.24) is 0 Å². The summed E-state index contributed by atoms with van der Waals surface area (Å²) in [5.74, 6) is 0. The molecule has 1 aliphatic carbocycles. The van der Waals surface area contributed by atoms with Crippen LogP contribution in [0.15, 0.2) is 48.0 Å². The molecule has 80 valence electrons. The topological polar surface area (TPSA) is 0 Å². The van der Waals surface area contributed by atoms with Gasteiger partial charge >= 0.3 is 0 Å². The van der Waals surface area contributed by atoms with Gasteiger partial charge < -0.3 is 0 Å². The molecule has 3 rings (SSSR count). The summed E-state index contributed by atoms with van der Waals surface area (Å²) in [5.41, 5.74) is 4.61. The summed E-state index contributed by atoms with van der Waals surface area (Å²) < 4.78 is 0. The van der Waals surface area contributed by atoms with Crippen LogP contribution in [0.25, 0.3) is 16.3 Å². The molecule has 0 saturated carbocycles.